The molecule has 0 atom stereocenters. The lowest BCUT2D eigenvalue weighted by atomic mass is 10.2. The van der Waals surface area contributed by atoms with Crippen molar-refractivity contribution in [2.75, 3.05) is 14.2 Å². The van der Waals surface area contributed by atoms with E-state index in [1.54, 1.807) is 25.3 Å². The molecule has 0 bridgehead atoms. The zero-order valence-corrected chi connectivity index (χ0v) is 11.2. The van der Waals surface area contributed by atoms with Crippen molar-refractivity contribution in [3.8, 4) is 17.1 Å². The minimum Gasteiger partial charge on any atom is -0.497 e. The van der Waals surface area contributed by atoms with E-state index in [4.69, 9.17) is 9.26 Å². The number of carbonyl (C=O) groups excluding carboxylic acids is 1. The van der Waals surface area contributed by atoms with Gasteiger partial charge in [0.25, 0.3) is 0 Å². The van der Waals surface area contributed by atoms with Crippen molar-refractivity contribution >= 4 is 21.9 Å². The Bertz CT molecular complexity index is 582. The first-order valence-corrected chi connectivity index (χ1v) is 5.70. The number of ether oxygens (including phenoxy) is 2. The van der Waals surface area contributed by atoms with Crippen molar-refractivity contribution in [2.24, 2.45) is 0 Å². The van der Waals surface area contributed by atoms with Gasteiger partial charge in [-0.3, -0.25) is 0 Å². The molecule has 0 spiro atoms. The van der Waals surface area contributed by atoms with Gasteiger partial charge < -0.3 is 14.0 Å². The van der Waals surface area contributed by atoms with Gasteiger partial charge in [-0.15, -0.1) is 0 Å². The first kappa shape index (κ1) is 12.6. The van der Waals surface area contributed by atoms with Crippen LogP contribution in [0.25, 0.3) is 11.4 Å². The predicted molar refractivity (Wildman–Crippen MR) is 65.3 cm³/mol. The third-order valence-electron chi connectivity index (χ3n) is 2.15. The fourth-order valence-corrected chi connectivity index (χ4v) is 1.79. The molecule has 94 valence electrons. The Hall–Kier alpha value is -1.89. The highest BCUT2D eigenvalue weighted by atomic mass is 79.9. The molecule has 0 aliphatic heterocycles. The van der Waals surface area contributed by atoms with E-state index in [0.717, 1.165) is 4.47 Å². The van der Waals surface area contributed by atoms with E-state index in [2.05, 4.69) is 30.8 Å². The van der Waals surface area contributed by atoms with Gasteiger partial charge in [0.2, 0.25) is 5.82 Å². The standard InChI is InChI=1S/C11H9BrN2O4/c1-16-8-4-6(3-7(12)5-8)9-13-10(18-14-9)11(15)17-2/h3-5H,1-2H3. The van der Waals surface area contributed by atoms with Crippen LogP contribution in [0.3, 0.4) is 0 Å². The van der Waals surface area contributed by atoms with E-state index in [9.17, 15) is 4.79 Å². The second-order valence-corrected chi connectivity index (χ2v) is 4.21. The molecule has 0 amide bonds. The average molecular weight is 313 g/mol. The van der Waals surface area contributed by atoms with Crippen molar-refractivity contribution in [3.05, 3.63) is 28.6 Å². The molecule has 1 aromatic carbocycles. The number of rotatable bonds is 3. The molecule has 1 heterocycles. The van der Waals surface area contributed by atoms with Gasteiger partial charge in [0.1, 0.15) is 5.75 Å². The number of methoxy groups -OCH3 is 2. The van der Waals surface area contributed by atoms with Gasteiger partial charge in [0.05, 0.1) is 14.2 Å². The van der Waals surface area contributed by atoms with Crippen molar-refractivity contribution < 1.29 is 18.8 Å². The Kier molecular flexibility index (Phi) is 3.61. The number of aromatic nitrogens is 2. The maximum absolute atomic E-state index is 11.2. The summed E-state index contributed by atoms with van der Waals surface area (Å²) in [4.78, 5) is 15.1. The van der Waals surface area contributed by atoms with E-state index >= 15 is 0 Å². The van der Waals surface area contributed by atoms with E-state index in [0.29, 0.717) is 11.3 Å². The second kappa shape index (κ2) is 5.18. The molecule has 7 heteroatoms. The van der Waals surface area contributed by atoms with Gasteiger partial charge in [0, 0.05) is 10.0 Å². The highest BCUT2D eigenvalue weighted by molar-refractivity contribution is 9.10. The molecule has 0 radical (unpaired) electrons. The molecule has 0 fully saturated rings. The Morgan fingerprint density at radius 3 is 2.78 bits per heavy atom. The molecular weight excluding hydrogens is 304 g/mol. The molecule has 2 aromatic rings. The number of hydrogen-bond acceptors (Lipinski definition) is 6. The summed E-state index contributed by atoms with van der Waals surface area (Å²) in [5.41, 5.74) is 0.667. The summed E-state index contributed by atoms with van der Waals surface area (Å²) >= 11 is 3.34. The zero-order chi connectivity index (χ0) is 13.1. The number of halogens is 1. The van der Waals surface area contributed by atoms with Crippen LogP contribution in [-0.2, 0) is 4.74 Å². The summed E-state index contributed by atoms with van der Waals surface area (Å²) in [5, 5.41) is 3.71. The smallest absolute Gasteiger partial charge is 0.397 e. The monoisotopic (exact) mass is 312 g/mol. The average Bonchev–Trinajstić information content (AvgIpc) is 2.86. The summed E-state index contributed by atoms with van der Waals surface area (Å²) in [5.74, 6) is 0.0703. The number of benzene rings is 1. The molecule has 0 saturated heterocycles. The number of hydrogen-bond donors (Lipinski definition) is 0. The number of esters is 1. The SMILES string of the molecule is COC(=O)c1nc(-c2cc(Br)cc(OC)c2)no1. The molecule has 0 unspecified atom stereocenters. The molecular formula is C11H9BrN2O4. The second-order valence-electron chi connectivity index (χ2n) is 3.29. The van der Waals surface area contributed by atoms with Gasteiger partial charge in [-0.1, -0.05) is 21.1 Å². The fourth-order valence-electron chi connectivity index (χ4n) is 1.32. The maximum atomic E-state index is 11.2. The van der Waals surface area contributed by atoms with Crippen molar-refractivity contribution in [1.82, 2.24) is 10.1 Å². The van der Waals surface area contributed by atoms with Crippen LogP contribution in [0, 0.1) is 0 Å². The number of carbonyl (C=O) groups is 1. The van der Waals surface area contributed by atoms with Crippen molar-refractivity contribution in [3.63, 3.8) is 0 Å². The van der Waals surface area contributed by atoms with Crippen LogP contribution in [0.1, 0.15) is 10.7 Å². The van der Waals surface area contributed by atoms with Crippen LogP contribution < -0.4 is 4.74 Å². The third kappa shape index (κ3) is 2.51. The Balaban J connectivity index is 2.39. The summed E-state index contributed by atoms with van der Waals surface area (Å²) < 4.78 is 15.2. The first-order valence-electron chi connectivity index (χ1n) is 4.91. The highest BCUT2D eigenvalue weighted by Gasteiger charge is 2.16. The maximum Gasteiger partial charge on any atom is 0.397 e. The van der Waals surface area contributed by atoms with Gasteiger partial charge in [-0.2, -0.15) is 4.98 Å². The lowest BCUT2D eigenvalue weighted by Gasteiger charge is -2.02. The summed E-state index contributed by atoms with van der Waals surface area (Å²) in [6.07, 6.45) is 0. The quantitative estimate of drug-likeness (QED) is 0.809. The number of nitrogens with zero attached hydrogens (tertiary/aromatic N) is 2. The summed E-state index contributed by atoms with van der Waals surface area (Å²) in [6, 6.07) is 5.32. The van der Waals surface area contributed by atoms with Crippen molar-refractivity contribution in [1.29, 1.82) is 0 Å². The summed E-state index contributed by atoms with van der Waals surface area (Å²) in [7, 11) is 2.80. The Morgan fingerprint density at radius 2 is 2.11 bits per heavy atom. The minimum atomic E-state index is -0.671. The minimum absolute atomic E-state index is 0.188. The van der Waals surface area contributed by atoms with Gasteiger partial charge in [-0.05, 0) is 18.2 Å². The lowest BCUT2D eigenvalue weighted by molar-refractivity contribution is 0.0545. The summed E-state index contributed by atoms with van der Waals surface area (Å²) in [6.45, 7) is 0. The predicted octanol–water partition coefficient (Wildman–Crippen LogP) is 2.29. The van der Waals surface area contributed by atoms with Crippen LogP contribution in [0.4, 0.5) is 0 Å². The highest BCUT2D eigenvalue weighted by Crippen LogP contribution is 2.27. The lowest BCUT2D eigenvalue weighted by Crippen LogP contribution is -2.00. The van der Waals surface area contributed by atoms with Crippen molar-refractivity contribution in [2.45, 2.75) is 0 Å². The Morgan fingerprint density at radius 1 is 1.33 bits per heavy atom. The molecule has 18 heavy (non-hydrogen) atoms. The fraction of sp³-hybridized carbons (Fsp3) is 0.182. The van der Waals surface area contributed by atoms with E-state index in [-0.39, 0.29) is 11.7 Å². The topological polar surface area (TPSA) is 74.5 Å². The van der Waals surface area contributed by atoms with Gasteiger partial charge in [-0.25, -0.2) is 4.79 Å². The van der Waals surface area contributed by atoms with Crippen LogP contribution in [0.2, 0.25) is 0 Å². The van der Waals surface area contributed by atoms with Gasteiger partial charge in [0.15, 0.2) is 0 Å². The molecule has 0 aliphatic rings. The third-order valence-corrected chi connectivity index (χ3v) is 2.61. The largest absolute Gasteiger partial charge is 0.497 e. The van der Waals surface area contributed by atoms with E-state index in [1.165, 1.54) is 7.11 Å². The molecule has 1 aromatic heterocycles. The van der Waals surface area contributed by atoms with Crippen LogP contribution in [0.15, 0.2) is 27.2 Å². The van der Waals surface area contributed by atoms with Gasteiger partial charge >= 0.3 is 11.9 Å². The van der Waals surface area contributed by atoms with E-state index in [1.807, 2.05) is 0 Å². The van der Waals surface area contributed by atoms with Crippen LogP contribution in [0.5, 0.6) is 5.75 Å². The van der Waals surface area contributed by atoms with E-state index < -0.39 is 5.97 Å². The normalized spacial score (nSPS) is 10.2. The molecule has 2 rings (SSSR count). The first-order chi connectivity index (χ1) is 8.63. The zero-order valence-electron chi connectivity index (χ0n) is 9.64. The molecule has 0 aliphatic carbocycles. The Labute approximate surface area is 111 Å². The molecule has 0 N–H and O–H groups in total. The van der Waals surface area contributed by atoms with Crippen LogP contribution >= 0.6 is 15.9 Å². The van der Waals surface area contributed by atoms with Crippen LogP contribution in [-0.4, -0.2) is 30.3 Å². The molecule has 0 saturated carbocycles. The molecule has 6 nitrogen and oxygen atoms in total.